The first-order valence-electron chi connectivity index (χ1n) is 9.44. The monoisotopic (exact) mass is 401 g/mol. The molecule has 0 unspecified atom stereocenters. The molecule has 156 valence electrons. The average molecular weight is 401 g/mol. The van der Waals surface area contributed by atoms with Crippen LogP contribution in [0.5, 0.6) is 0 Å². The van der Waals surface area contributed by atoms with Crippen molar-refractivity contribution in [1.29, 1.82) is 0 Å². The van der Waals surface area contributed by atoms with Crippen LogP contribution in [0, 0.1) is 0 Å². The van der Waals surface area contributed by atoms with Gasteiger partial charge in [0.2, 0.25) is 5.91 Å². The summed E-state index contributed by atoms with van der Waals surface area (Å²) in [5.41, 5.74) is 0.815. The minimum atomic E-state index is -0.693. The molecule has 0 aliphatic rings. The first-order valence-corrected chi connectivity index (χ1v) is 9.44. The molecule has 2 rings (SSSR count). The lowest BCUT2D eigenvalue weighted by Crippen LogP contribution is -2.41. The van der Waals surface area contributed by atoms with Gasteiger partial charge < -0.3 is 20.1 Å². The van der Waals surface area contributed by atoms with Gasteiger partial charge >= 0.3 is 12.1 Å². The number of hydrogen-bond acceptors (Lipinski definition) is 6. The Hall–Kier alpha value is -3.16. The van der Waals surface area contributed by atoms with E-state index in [1.165, 1.54) is 0 Å². The Balaban J connectivity index is 2.09. The highest BCUT2D eigenvalue weighted by Gasteiger charge is 2.21. The number of carbonyl (C=O) groups is 3. The van der Waals surface area contributed by atoms with Gasteiger partial charge in [-0.3, -0.25) is 14.6 Å². The second-order valence-electron chi connectivity index (χ2n) is 7.45. The number of alkyl carbamates (subject to hydrolysis) is 1. The van der Waals surface area contributed by atoms with E-state index in [0.717, 1.165) is 10.9 Å². The van der Waals surface area contributed by atoms with Crippen LogP contribution in [0.2, 0.25) is 0 Å². The van der Waals surface area contributed by atoms with Gasteiger partial charge in [0.15, 0.2) is 0 Å². The molecule has 0 aliphatic heterocycles. The van der Waals surface area contributed by atoms with Crippen molar-refractivity contribution in [3.8, 4) is 0 Å². The topological polar surface area (TPSA) is 107 Å². The number of aromatic nitrogens is 1. The first kappa shape index (κ1) is 22.1. The highest BCUT2D eigenvalue weighted by Crippen LogP contribution is 2.21. The number of pyridine rings is 1. The molecule has 0 radical (unpaired) electrons. The van der Waals surface area contributed by atoms with Crippen molar-refractivity contribution in [2.24, 2.45) is 0 Å². The van der Waals surface area contributed by atoms with E-state index < -0.39 is 29.6 Å². The molecule has 1 atom stereocenters. The van der Waals surface area contributed by atoms with Gasteiger partial charge in [-0.2, -0.15) is 0 Å². The quantitative estimate of drug-likeness (QED) is 0.691. The molecule has 8 nitrogen and oxygen atoms in total. The molecule has 0 bridgehead atoms. The lowest BCUT2D eigenvalue weighted by atomic mass is 10.0. The Morgan fingerprint density at radius 3 is 2.59 bits per heavy atom. The second-order valence-corrected chi connectivity index (χ2v) is 7.45. The number of carbonyl (C=O) groups excluding carboxylic acids is 3. The van der Waals surface area contributed by atoms with Crippen molar-refractivity contribution in [3.05, 3.63) is 42.1 Å². The molecule has 8 heteroatoms. The van der Waals surface area contributed by atoms with E-state index in [1.54, 1.807) is 33.9 Å². The zero-order valence-electron chi connectivity index (χ0n) is 17.2. The summed E-state index contributed by atoms with van der Waals surface area (Å²) in [7, 11) is 0. The summed E-state index contributed by atoms with van der Waals surface area (Å²) < 4.78 is 10.1. The van der Waals surface area contributed by atoms with Crippen LogP contribution < -0.4 is 10.6 Å². The molecule has 1 aromatic carbocycles. The molecule has 2 N–H and O–H groups in total. The fourth-order valence-corrected chi connectivity index (χ4v) is 2.63. The van der Waals surface area contributed by atoms with E-state index in [2.05, 4.69) is 15.6 Å². The predicted octanol–water partition coefficient (Wildman–Crippen LogP) is 2.87. The Morgan fingerprint density at radius 1 is 1.17 bits per heavy atom. The predicted molar refractivity (Wildman–Crippen MR) is 108 cm³/mol. The van der Waals surface area contributed by atoms with Gasteiger partial charge in [-0.25, -0.2) is 4.79 Å². The molecule has 0 saturated heterocycles. The van der Waals surface area contributed by atoms with Crippen LogP contribution in [0.1, 0.15) is 45.7 Å². The molecule has 29 heavy (non-hydrogen) atoms. The number of esters is 1. The summed E-state index contributed by atoms with van der Waals surface area (Å²) in [6, 6.07) is 8.78. The average Bonchev–Trinajstić information content (AvgIpc) is 2.64. The molecular weight excluding hydrogens is 374 g/mol. The fourth-order valence-electron chi connectivity index (χ4n) is 2.63. The van der Waals surface area contributed by atoms with Gasteiger partial charge in [-0.1, -0.05) is 18.2 Å². The zero-order valence-corrected chi connectivity index (χ0v) is 17.2. The third kappa shape index (κ3) is 7.40. The van der Waals surface area contributed by atoms with Gasteiger partial charge in [0.05, 0.1) is 24.6 Å². The summed E-state index contributed by atoms with van der Waals surface area (Å²) >= 11 is 0. The minimum absolute atomic E-state index is 0.0496. The Morgan fingerprint density at radius 2 is 1.90 bits per heavy atom. The van der Waals surface area contributed by atoms with Crippen LogP contribution in [-0.4, -0.2) is 41.7 Å². The van der Waals surface area contributed by atoms with Gasteiger partial charge in [0.25, 0.3) is 0 Å². The SMILES string of the molecule is CCOC(=O)C[C@H](NC(=O)CNC(=O)OC(C)(C)C)c1cnc2ccccc2c1. The van der Waals surface area contributed by atoms with Crippen molar-refractivity contribution < 1.29 is 23.9 Å². The number of nitrogens with one attached hydrogen (secondary N) is 2. The summed E-state index contributed by atoms with van der Waals surface area (Å²) in [6.45, 7) is 6.87. The van der Waals surface area contributed by atoms with E-state index in [-0.39, 0.29) is 19.6 Å². The minimum Gasteiger partial charge on any atom is -0.466 e. The molecule has 0 saturated carbocycles. The highest BCUT2D eigenvalue weighted by molar-refractivity contribution is 5.84. The molecule has 2 amide bonds. The molecule has 0 aliphatic carbocycles. The Bertz CT molecular complexity index is 876. The first-order chi connectivity index (χ1) is 13.7. The van der Waals surface area contributed by atoms with E-state index >= 15 is 0 Å². The van der Waals surface area contributed by atoms with Gasteiger partial charge in [-0.15, -0.1) is 0 Å². The summed E-state index contributed by atoms with van der Waals surface area (Å²) in [6.07, 6.45) is 0.877. The van der Waals surface area contributed by atoms with Crippen LogP contribution >= 0.6 is 0 Å². The largest absolute Gasteiger partial charge is 0.466 e. The summed E-state index contributed by atoms with van der Waals surface area (Å²) in [4.78, 5) is 40.5. The van der Waals surface area contributed by atoms with Crippen molar-refractivity contribution in [3.63, 3.8) is 0 Å². The third-order valence-electron chi connectivity index (χ3n) is 3.82. The number of fused-ring (bicyclic) bond motifs is 1. The Labute approximate surface area is 170 Å². The number of hydrogen-bond donors (Lipinski definition) is 2. The summed E-state index contributed by atoms with van der Waals surface area (Å²) in [5.74, 6) is -0.899. The van der Waals surface area contributed by atoms with Crippen LogP contribution in [0.3, 0.4) is 0 Å². The molecule has 1 aromatic heterocycles. The van der Waals surface area contributed by atoms with Crippen molar-refractivity contribution in [2.45, 2.75) is 45.8 Å². The van der Waals surface area contributed by atoms with Crippen LogP contribution in [-0.2, 0) is 19.1 Å². The normalized spacial score (nSPS) is 12.1. The summed E-state index contributed by atoms with van der Waals surface area (Å²) in [5, 5.41) is 6.04. The molecule has 1 heterocycles. The molecule has 2 aromatic rings. The van der Waals surface area contributed by atoms with Crippen LogP contribution in [0.25, 0.3) is 10.9 Å². The molecule has 0 fully saturated rings. The maximum Gasteiger partial charge on any atom is 0.408 e. The van der Waals surface area contributed by atoms with Gasteiger partial charge in [0.1, 0.15) is 12.1 Å². The van der Waals surface area contributed by atoms with Crippen LogP contribution in [0.15, 0.2) is 36.5 Å². The fraction of sp³-hybridized carbons (Fsp3) is 0.429. The number of nitrogens with zero attached hydrogens (tertiary/aromatic N) is 1. The number of rotatable bonds is 7. The second kappa shape index (κ2) is 9.86. The number of para-hydroxylation sites is 1. The smallest absolute Gasteiger partial charge is 0.408 e. The van der Waals surface area contributed by atoms with Crippen molar-refractivity contribution in [1.82, 2.24) is 15.6 Å². The third-order valence-corrected chi connectivity index (χ3v) is 3.82. The van der Waals surface area contributed by atoms with Crippen molar-refractivity contribution in [2.75, 3.05) is 13.2 Å². The van der Waals surface area contributed by atoms with E-state index in [0.29, 0.717) is 5.56 Å². The van der Waals surface area contributed by atoms with Gasteiger partial charge in [0, 0.05) is 11.6 Å². The highest BCUT2D eigenvalue weighted by atomic mass is 16.6. The van der Waals surface area contributed by atoms with E-state index in [9.17, 15) is 14.4 Å². The number of amides is 2. The lowest BCUT2D eigenvalue weighted by Gasteiger charge is -2.21. The lowest BCUT2D eigenvalue weighted by molar-refractivity contribution is -0.143. The number of ether oxygens (including phenoxy) is 2. The maximum absolute atomic E-state index is 12.3. The van der Waals surface area contributed by atoms with E-state index in [4.69, 9.17) is 9.47 Å². The van der Waals surface area contributed by atoms with Crippen molar-refractivity contribution >= 4 is 28.9 Å². The van der Waals surface area contributed by atoms with E-state index in [1.807, 2.05) is 30.3 Å². The zero-order chi connectivity index (χ0) is 21.4. The van der Waals surface area contributed by atoms with Gasteiger partial charge in [-0.05, 0) is 45.4 Å². The standard InChI is InChI=1S/C21H27N3O5/c1-5-28-19(26)11-17(15-10-14-8-6-7-9-16(14)22-12-15)24-18(25)13-23-20(27)29-21(2,3)4/h6-10,12,17H,5,11,13H2,1-4H3,(H,23,27)(H,24,25)/t17-/m0/s1. The maximum atomic E-state index is 12.3. The van der Waals surface area contributed by atoms with Crippen LogP contribution in [0.4, 0.5) is 4.79 Å². The Kier molecular flexibility index (Phi) is 7.52. The molecule has 0 spiro atoms. The number of benzene rings is 1. The molecular formula is C21H27N3O5.